The van der Waals surface area contributed by atoms with Crippen molar-refractivity contribution < 1.29 is 9.50 Å². The summed E-state index contributed by atoms with van der Waals surface area (Å²) in [6, 6.07) is 5.20. The fraction of sp³-hybridized carbons (Fsp3) is 0.600. The average molecular weight is 251 g/mol. The van der Waals surface area contributed by atoms with Crippen molar-refractivity contribution in [1.29, 1.82) is 0 Å². The molecular weight excluding hydrogens is 229 g/mol. The highest BCUT2D eigenvalue weighted by Gasteiger charge is 2.19. The van der Waals surface area contributed by atoms with Crippen LogP contribution < -0.4 is 5.32 Å². The molecular formula is C15H22FNO. The largest absolute Gasteiger partial charge is 0.505 e. The van der Waals surface area contributed by atoms with Gasteiger partial charge in [-0.2, -0.15) is 0 Å². The van der Waals surface area contributed by atoms with E-state index in [4.69, 9.17) is 0 Å². The standard InChI is InChI=1S/C15H22FNO/c1-2-11-6-8-13(9-7-11)17-10-12-4-3-5-14(16)15(12)18/h3-5,11,13,17-18H,2,6-10H2,1H3. The van der Waals surface area contributed by atoms with Crippen LogP contribution in [0.2, 0.25) is 0 Å². The molecule has 1 aliphatic rings. The van der Waals surface area contributed by atoms with Gasteiger partial charge in [-0.1, -0.05) is 25.5 Å². The molecule has 1 aromatic carbocycles. The first-order chi connectivity index (χ1) is 8.70. The maximum absolute atomic E-state index is 13.2. The van der Waals surface area contributed by atoms with Crippen LogP contribution in [0.3, 0.4) is 0 Å². The van der Waals surface area contributed by atoms with E-state index < -0.39 is 5.82 Å². The third kappa shape index (κ3) is 3.22. The van der Waals surface area contributed by atoms with Crippen LogP contribution in [-0.2, 0) is 6.54 Å². The molecule has 2 nitrogen and oxygen atoms in total. The van der Waals surface area contributed by atoms with E-state index in [9.17, 15) is 9.50 Å². The topological polar surface area (TPSA) is 32.3 Å². The molecule has 0 atom stereocenters. The normalized spacial score (nSPS) is 24.1. The van der Waals surface area contributed by atoms with E-state index in [1.807, 2.05) is 0 Å². The zero-order valence-corrected chi connectivity index (χ0v) is 11.0. The summed E-state index contributed by atoms with van der Waals surface area (Å²) < 4.78 is 13.2. The van der Waals surface area contributed by atoms with Crippen LogP contribution in [0.4, 0.5) is 4.39 Å². The lowest BCUT2D eigenvalue weighted by atomic mass is 9.84. The van der Waals surface area contributed by atoms with Gasteiger partial charge in [-0.15, -0.1) is 0 Å². The average Bonchev–Trinajstić information content (AvgIpc) is 2.41. The van der Waals surface area contributed by atoms with Gasteiger partial charge in [0, 0.05) is 18.2 Å². The number of aromatic hydroxyl groups is 1. The molecule has 0 spiro atoms. The van der Waals surface area contributed by atoms with Gasteiger partial charge in [0.2, 0.25) is 0 Å². The molecule has 100 valence electrons. The van der Waals surface area contributed by atoms with Crippen molar-refractivity contribution in [2.45, 2.75) is 51.6 Å². The van der Waals surface area contributed by atoms with Gasteiger partial charge in [-0.3, -0.25) is 0 Å². The van der Waals surface area contributed by atoms with Gasteiger partial charge in [0.15, 0.2) is 11.6 Å². The molecule has 0 radical (unpaired) electrons. The van der Waals surface area contributed by atoms with Gasteiger partial charge in [0.05, 0.1) is 0 Å². The van der Waals surface area contributed by atoms with Gasteiger partial charge in [-0.05, 0) is 37.7 Å². The second kappa shape index (κ2) is 6.19. The van der Waals surface area contributed by atoms with E-state index in [2.05, 4.69) is 12.2 Å². The fourth-order valence-electron chi connectivity index (χ4n) is 2.73. The Labute approximate surface area is 108 Å². The number of halogens is 1. The number of para-hydroxylation sites is 1. The molecule has 1 saturated carbocycles. The smallest absolute Gasteiger partial charge is 0.165 e. The molecule has 1 fully saturated rings. The molecule has 0 amide bonds. The SMILES string of the molecule is CCC1CCC(NCc2cccc(F)c2O)CC1. The Morgan fingerprint density at radius 1 is 1.28 bits per heavy atom. The minimum absolute atomic E-state index is 0.216. The van der Waals surface area contributed by atoms with E-state index >= 15 is 0 Å². The number of hydrogen-bond donors (Lipinski definition) is 2. The molecule has 1 aliphatic carbocycles. The highest BCUT2D eigenvalue weighted by atomic mass is 19.1. The van der Waals surface area contributed by atoms with Crippen molar-refractivity contribution in [1.82, 2.24) is 5.32 Å². The number of hydrogen-bond acceptors (Lipinski definition) is 2. The molecule has 0 heterocycles. The third-order valence-corrected chi connectivity index (χ3v) is 4.08. The van der Waals surface area contributed by atoms with Crippen LogP contribution in [0.5, 0.6) is 5.75 Å². The maximum Gasteiger partial charge on any atom is 0.165 e. The quantitative estimate of drug-likeness (QED) is 0.857. The zero-order chi connectivity index (χ0) is 13.0. The number of phenols is 1. The van der Waals surface area contributed by atoms with Crippen molar-refractivity contribution in [2.24, 2.45) is 5.92 Å². The van der Waals surface area contributed by atoms with Gasteiger partial charge in [-0.25, -0.2) is 4.39 Å². The van der Waals surface area contributed by atoms with Gasteiger partial charge in [0.1, 0.15) is 0 Å². The lowest BCUT2D eigenvalue weighted by Crippen LogP contribution is -2.32. The monoisotopic (exact) mass is 251 g/mol. The van der Waals surface area contributed by atoms with Crippen LogP contribution in [-0.4, -0.2) is 11.1 Å². The maximum atomic E-state index is 13.2. The molecule has 0 unspecified atom stereocenters. The Bertz CT molecular complexity index is 386. The Balaban J connectivity index is 1.83. The molecule has 0 aliphatic heterocycles. The first kappa shape index (κ1) is 13.3. The minimum Gasteiger partial charge on any atom is -0.505 e. The van der Waals surface area contributed by atoms with E-state index in [-0.39, 0.29) is 5.75 Å². The molecule has 0 bridgehead atoms. The second-order valence-electron chi connectivity index (χ2n) is 5.25. The van der Waals surface area contributed by atoms with E-state index in [0.717, 1.165) is 5.92 Å². The Hall–Kier alpha value is -1.09. The number of phenolic OH excluding ortho intramolecular Hbond substituents is 1. The Morgan fingerprint density at radius 2 is 2.00 bits per heavy atom. The summed E-state index contributed by atoms with van der Waals surface area (Å²) in [5.74, 6) is 0.127. The predicted molar refractivity (Wildman–Crippen MR) is 70.9 cm³/mol. The summed E-state index contributed by atoms with van der Waals surface area (Å²) in [6.45, 7) is 2.80. The number of rotatable bonds is 4. The predicted octanol–water partition coefficient (Wildman–Crippen LogP) is 3.59. The summed E-state index contributed by atoms with van der Waals surface area (Å²) in [7, 11) is 0. The van der Waals surface area contributed by atoms with Crippen molar-refractivity contribution in [3.05, 3.63) is 29.6 Å². The molecule has 0 saturated heterocycles. The van der Waals surface area contributed by atoms with Gasteiger partial charge < -0.3 is 10.4 Å². The number of benzene rings is 1. The van der Waals surface area contributed by atoms with Gasteiger partial charge >= 0.3 is 0 Å². The summed E-state index contributed by atoms with van der Waals surface area (Å²) >= 11 is 0. The van der Waals surface area contributed by atoms with Crippen LogP contribution >= 0.6 is 0 Å². The third-order valence-electron chi connectivity index (χ3n) is 4.08. The molecule has 2 rings (SSSR count). The van der Waals surface area contributed by atoms with Crippen molar-refractivity contribution in [3.8, 4) is 5.75 Å². The molecule has 3 heteroatoms. The minimum atomic E-state index is -0.538. The summed E-state index contributed by atoms with van der Waals surface area (Å²) in [5, 5.41) is 13.0. The second-order valence-corrected chi connectivity index (χ2v) is 5.25. The van der Waals surface area contributed by atoms with Crippen LogP contribution in [0, 0.1) is 11.7 Å². The van der Waals surface area contributed by atoms with Crippen molar-refractivity contribution in [2.75, 3.05) is 0 Å². The number of nitrogens with one attached hydrogen (secondary N) is 1. The van der Waals surface area contributed by atoms with Crippen molar-refractivity contribution in [3.63, 3.8) is 0 Å². The first-order valence-corrected chi connectivity index (χ1v) is 6.90. The van der Waals surface area contributed by atoms with E-state index in [0.29, 0.717) is 18.2 Å². The Kier molecular flexibility index (Phi) is 4.59. The summed E-state index contributed by atoms with van der Waals surface area (Å²) in [6.07, 6.45) is 6.22. The van der Waals surface area contributed by atoms with Gasteiger partial charge in [0.25, 0.3) is 0 Å². The highest BCUT2D eigenvalue weighted by Crippen LogP contribution is 2.27. The zero-order valence-electron chi connectivity index (χ0n) is 11.0. The van der Waals surface area contributed by atoms with E-state index in [1.54, 1.807) is 12.1 Å². The fourth-order valence-corrected chi connectivity index (χ4v) is 2.73. The summed E-state index contributed by atoms with van der Waals surface area (Å²) in [5.41, 5.74) is 0.646. The van der Waals surface area contributed by atoms with Crippen LogP contribution in [0.15, 0.2) is 18.2 Å². The Morgan fingerprint density at radius 3 is 2.67 bits per heavy atom. The highest BCUT2D eigenvalue weighted by molar-refractivity contribution is 5.33. The van der Waals surface area contributed by atoms with Crippen LogP contribution in [0.25, 0.3) is 0 Å². The molecule has 1 aromatic rings. The van der Waals surface area contributed by atoms with E-state index in [1.165, 1.54) is 38.2 Å². The summed E-state index contributed by atoms with van der Waals surface area (Å²) in [4.78, 5) is 0. The van der Waals surface area contributed by atoms with Crippen LogP contribution in [0.1, 0.15) is 44.6 Å². The lowest BCUT2D eigenvalue weighted by Gasteiger charge is -2.28. The molecule has 2 N–H and O–H groups in total. The molecule has 18 heavy (non-hydrogen) atoms. The molecule has 0 aromatic heterocycles. The lowest BCUT2D eigenvalue weighted by molar-refractivity contribution is 0.284. The first-order valence-electron chi connectivity index (χ1n) is 6.90. The van der Waals surface area contributed by atoms with Crippen molar-refractivity contribution >= 4 is 0 Å².